The molecule has 0 radical (unpaired) electrons. The number of rotatable bonds is 7. The van der Waals surface area contributed by atoms with E-state index < -0.39 is 0 Å². The molecule has 4 nitrogen and oxygen atoms in total. The number of halogens is 3. The fourth-order valence-corrected chi connectivity index (χ4v) is 4.74. The summed E-state index contributed by atoms with van der Waals surface area (Å²) >= 11 is 13.9. The molecule has 0 atom stereocenters. The van der Waals surface area contributed by atoms with E-state index in [9.17, 15) is 4.79 Å². The van der Waals surface area contributed by atoms with Crippen molar-refractivity contribution in [3.63, 3.8) is 0 Å². The number of aryl methyl sites for hydroxylation is 2. The predicted molar refractivity (Wildman–Crippen MR) is 132 cm³/mol. The van der Waals surface area contributed by atoms with E-state index in [1.807, 2.05) is 0 Å². The first kappa shape index (κ1) is 24.9. The molecule has 0 aliphatic heterocycles. The van der Waals surface area contributed by atoms with Gasteiger partial charge in [0.05, 0.1) is 20.8 Å². The van der Waals surface area contributed by atoms with Crippen molar-refractivity contribution in [2.45, 2.75) is 27.7 Å². The van der Waals surface area contributed by atoms with Crippen molar-refractivity contribution >= 4 is 68.2 Å². The fourth-order valence-electron chi connectivity index (χ4n) is 3.20. The number of thiazole rings is 1. The smallest absolute Gasteiger partial charge is 0.261 e. The van der Waals surface area contributed by atoms with Crippen molar-refractivity contribution in [2.75, 3.05) is 31.1 Å². The molecule has 2 aromatic carbocycles. The van der Waals surface area contributed by atoms with Crippen molar-refractivity contribution in [3.05, 3.63) is 57.1 Å². The average Bonchev–Trinajstić information content (AvgIpc) is 3.12. The monoisotopic (exact) mass is 485 g/mol. The summed E-state index contributed by atoms with van der Waals surface area (Å²) in [6.45, 7) is 11.5. The molecule has 8 heteroatoms. The molecule has 3 aromatic rings. The van der Waals surface area contributed by atoms with Gasteiger partial charge in [0, 0.05) is 18.1 Å². The Hall–Kier alpha value is -1.37. The lowest BCUT2D eigenvalue weighted by Gasteiger charge is -2.25. The second-order valence-corrected chi connectivity index (χ2v) is 8.81. The maximum atomic E-state index is 13.4. The van der Waals surface area contributed by atoms with Crippen LogP contribution in [0.3, 0.4) is 0 Å². The van der Waals surface area contributed by atoms with Gasteiger partial charge in [-0.1, -0.05) is 54.5 Å². The van der Waals surface area contributed by atoms with E-state index in [-0.39, 0.29) is 18.3 Å². The van der Waals surface area contributed by atoms with Crippen LogP contribution in [-0.4, -0.2) is 42.0 Å². The molecule has 162 valence electrons. The number of aromatic nitrogens is 1. The van der Waals surface area contributed by atoms with Crippen molar-refractivity contribution in [2.24, 2.45) is 0 Å². The minimum atomic E-state index is -0.160. The standard InChI is InChI=1S/C22H25Cl2N3OS.ClH/c1-5-26(6-2)11-12-27(21(28)17-9-8-16(23)13-18(17)24)22-25-20-15(4)14(3)7-10-19(20)29-22;/h7-10,13H,5-6,11-12H2,1-4H3;1H. The lowest BCUT2D eigenvalue weighted by Crippen LogP contribution is -2.39. The van der Waals surface area contributed by atoms with Gasteiger partial charge in [0.1, 0.15) is 0 Å². The maximum absolute atomic E-state index is 13.4. The highest BCUT2D eigenvalue weighted by atomic mass is 35.5. The molecule has 1 heterocycles. The summed E-state index contributed by atoms with van der Waals surface area (Å²) < 4.78 is 1.07. The molecule has 30 heavy (non-hydrogen) atoms. The number of fused-ring (bicyclic) bond motifs is 1. The second kappa shape index (κ2) is 10.8. The summed E-state index contributed by atoms with van der Waals surface area (Å²) in [5.41, 5.74) is 3.72. The third kappa shape index (κ3) is 5.27. The van der Waals surface area contributed by atoms with Crippen LogP contribution in [0.5, 0.6) is 0 Å². The zero-order valence-corrected chi connectivity index (χ0v) is 20.7. The van der Waals surface area contributed by atoms with Crippen molar-refractivity contribution < 1.29 is 4.79 Å². The number of likely N-dealkylation sites (N-methyl/N-ethyl adjacent to an activating group) is 1. The van der Waals surface area contributed by atoms with Crippen molar-refractivity contribution in [1.29, 1.82) is 0 Å². The Bertz CT molecular complexity index is 1030. The van der Waals surface area contributed by atoms with Gasteiger partial charge in [0.15, 0.2) is 5.13 Å². The van der Waals surface area contributed by atoms with Crippen LogP contribution in [0, 0.1) is 13.8 Å². The van der Waals surface area contributed by atoms with Crippen LogP contribution in [0.25, 0.3) is 10.2 Å². The fraction of sp³-hybridized carbons (Fsp3) is 0.364. The van der Waals surface area contributed by atoms with Crippen LogP contribution in [0.15, 0.2) is 30.3 Å². The quantitative estimate of drug-likeness (QED) is 0.376. The number of hydrogen-bond acceptors (Lipinski definition) is 4. The van der Waals surface area contributed by atoms with Crippen LogP contribution in [0.4, 0.5) is 5.13 Å². The van der Waals surface area contributed by atoms with Gasteiger partial charge in [-0.05, 0) is 62.3 Å². The molecule has 0 unspecified atom stereocenters. The van der Waals surface area contributed by atoms with Gasteiger partial charge in [-0.25, -0.2) is 4.98 Å². The number of nitrogens with zero attached hydrogens (tertiary/aromatic N) is 3. The molecule has 3 rings (SSSR count). The van der Waals surface area contributed by atoms with Crippen LogP contribution in [-0.2, 0) is 0 Å². The molecular formula is C22H26Cl3N3OS. The van der Waals surface area contributed by atoms with Gasteiger partial charge in [-0.15, -0.1) is 12.4 Å². The minimum absolute atomic E-state index is 0. The summed E-state index contributed by atoms with van der Waals surface area (Å²) in [5, 5.41) is 1.55. The summed E-state index contributed by atoms with van der Waals surface area (Å²) in [6.07, 6.45) is 0. The SMILES string of the molecule is CCN(CC)CCN(C(=O)c1ccc(Cl)cc1Cl)c1nc2c(C)c(C)ccc2s1.Cl. The summed E-state index contributed by atoms with van der Waals surface area (Å²) in [5.74, 6) is -0.160. The van der Waals surface area contributed by atoms with Crippen LogP contribution < -0.4 is 4.90 Å². The lowest BCUT2D eigenvalue weighted by molar-refractivity contribution is 0.0984. The van der Waals surface area contributed by atoms with Gasteiger partial charge in [0.25, 0.3) is 5.91 Å². The molecule has 0 aliphatic carbocycles. The maximum Gasteiger partial charge on any atom is 0.261 e. The normalized spacial score (nSPS) is 11.0. The average molecular weight is 487 g/mol. The van der Waals surface area contributed by atoms with E-state index in [1.54, 1.807) is 23.1 Å². The third-order valence-electron chi connectivity index (χ3n) is 5.25. The van der Waals surface area contributed by atoms with E-state index in [4.69, 9.17) is 28.2 Å². The third-order valence-corrected chi connectivity index (χ3v) is 6.84. The predicted octanol–water partition coefficient (Wildman–Crippen LogP) is 6.63. The van der Waals surface area contributed by atoms with Gasteiger partial charge in [-0.2, -0.15) is 0 Å². The van der Waals surface area contributed by atoms with Gasteiger partial charge < -0.3 is 4.90 Å². The summed E-state index contributed by atoms with van der Waals surface area (Å²) in [7, 11) is 0. The first-order chi connectivity index (χ1) is 13.8. The number of hydrogen-bond donors (Lipinski definition) is 0. The number of anilines is 1. The molecule has 0 saturated carbocycles. The molecule has 0 saturated heterocycles. The highest BCUT2D eigenvalue weighted by Crippen LogP contribution is 2.33. The topological polar surface area (TPSA) is 36.4 Å². The molecule has 1 aromatic heterocycles. The molecule has 0 fully saturated rings. The van der Waals surface area contributed by atoms with E-state index in [0.717, 1.165) is 35.4 Å². The zero-order valence-electron chi connectivity index (χ0n) is 17.5. The van der Waals surface area contributed by atoms with Crippen LogP contribution in [0.2, 0.25) is 10.0 Å². The Labute approximate surface area is 198 Å². The molecular weight excluding hydrogens is 461 g/mol. The first-order valence-corrected chi connectivity index (χ1v) is 11.3. The van der Waals surface area contributed by atoms with Crippen LogP contribution >= 0.6 is 46.9 Å². The van der Waals surface area contributed by atoms with E-state index in [0.29, 0.717) is 27.3 Å². The summed E-state index contributed by atoms with van der Waals surface area (Å²) in [4.78, 5) is 22.3. The zero-order chi connectivity index (χ0) is 21.1. The highest BCUT2D eigenvalue weighted by Gasteiger charge is 2.24. The number of carbonyl (C=O) groups is 1. The van der Waals surface area contributed by atoms with Crippen molar-refractivity contribution in [1.82, 2.24) is 9.88 Å². The Kier molecular flexibility index (Phi) is 8.95. The Morgan fingerprint density at radius 1 is 1.07 bits per heavy atom. The Morgan fingerprint density at radius 3 is 2.40 bits per heavy atom. The van der Waals surface area contributed by atoms with E-state index in [2.05, 4.69) is 44.7 Å². The van der Waals surface area contributed by atoms with Gasteiger partial charge in [0.2, 0.25) is 0 Å². The molecule has 1 amide bonds. The van der Waals surface area contributed by atoms with Gasteiger partial charge in [-0.3, -0.25) is 9.69 Å². The molecule has 0 aliphatic rings. The van der Waals surface area contributed by atoms with Crippen molar-refractivity contribution in [3.8, 4) is 0 Å². The minimum Gasteiger partial charge on any atom is -0.302 e. The molecule has 0 bridgehead atoms. The number of amides is 1. The van der Waals surface area contributed by atoms with Gasteiger partial charge >= 0.3 is 0 Å². The summed E-state index contributed by atoms with van der Waals surface area (Å²) in [6, 6.07) is 9.14. The van der Waals surface area contributed by atoms with Crippen LogP contribution in [0.1, 0.15) is 35.3 Å². The first-order valence-electron chi connectivity index (χ1n) is 9.71. The molecule has 0 spiro atoms. The lowest BCUT2D eigenvalue weighted by atomic mass is 10.1. The largest absolute Gasteiger partial charge is 0.302 e. The number of benzene rings is 2. The molecule has 0 N–H and O–H groups in total. The van der Waals surface area contributed by atoms with E-state index in [1.165, 1.54) is 16.9 Å². The second-order valence-electron chi connectivity index (χ2n) is 6.96. The van der Waals surface area contributed by atoms with E-state index >= 15 is 0 Å². The number of carbonyl (C=O) groups excluding carboxylic acids is 1. The highest BCUT2D eigenvalue weighted by molar-refractivity contribution is 7.22. The Morgan fingerprint density at radius 2 is 1.77 bits per heavy atom. The Balaban J connectivity index is 0.00000320.